The Kier molecular flexibility index (Phi) is 14.1. The Balaban J connectivity index is 1.01. The van der Waals surface area contributed by atoms with Crippen LogP contribution in [0.4, 0.5) is 20.4 Å². The summed E-state index contributed by atoms with van der Waals surface area (Å²) in [6.45, 7) is 6.43. The number of alkyl halides is 2. The van der Waals surface area contributed by atoms with Gasteiger partial charge in [-0.3, -0.25) is 18.7 Å². The summed E-state index contributed by atoms with van der Waals surface area (Å²) in [5.74, 6) is -0.703. The van der Waals surface area contributed by atoms with Gasteiger partial charge < -0.3 is 25.0 Å². The molecule has 7 heterocycles. The van der Waals surface area contributed by atoms with E-state index >= 15 is 8.78 Å². The van der Waals surface area contributed by atoms with Crippen LogP contribution >= 0.6 is 15.6 Å². The zero-order chi connectivity index (χ0) is 47.4. The molecule has 28 heteroatoms. The molecular formula is C40H42B2F2N12O10P2. The van der Waals surface area contributed by atoms with E-state index in [1.54, 1.807) is 60.7 Å². The Labute approximate surface area is 388 Å². The second-order valence-electron chi connectivity index (χ2n) is 14.4. The van der Waals surface area contributed by atoms with Crippen molar-refractivity contribution in [2.75, 3.05) is 43.6 Å². The minimum atomic E-state index is -3.40. The standard InChI is InChI=1S/C40H42B2F2N12O10P2/c1-46-14-16-60-68(42)62-18-26-31(27(43)39(64-26)55-21-51-29-33(47-19-49-35(29)55)53-37(57)23-9-4-2-5-10-23)65-67(41,59-15-8-13-45)61-17-25-32(66-68)28(44)40(63-25)56-22-52-30-34(48-20-50-36(30)56)54-38(58)24-11-6-3-7-12-24/h2-7,9-12,19-22,25-28,31-32,39-40H,8,14-18H2,41-42H3,(H,47,49,53,57)(H,48,50,54,58)/t25-,26-,27+,28?,31?,32+,39-,40-,67?,68?/m1/s1. The summed E-state index contributed by atoms with van der Waals surface area (Å²) in [4.78, 5) is 55.5. The number of halogens is 2. The number of rotatable bonds is 12. The van der Waals surface area contributed by atoms with Crippen molar-refractivity contribution in [3.63, 3.8) is 0 Å². The first-order valence-electron chi connectivity index (χ1n) is 20.1. The summed E-state index contributed by atoms with van der Waals surface area (Å²) in [6.07, 6.45) is -6.68. The van der Waals surface area contributed by atoms with Gasteiger partial charge in [0.15, 0.2) is 77.6 Å². The third-order valence-electron chi connectivity index (χ3n) is 10.2. The topological polar surface area (TPSA) is 247 Å². The summed E-state index contributed by atoms with van der Waals surface area (Å²) in [5.41, 5.74) is 1.40. The van der Waals surface area contributed by atoms with Gasteiger partial charge in [-0.05, 0) is 24.3 Å². The summed E-state index contributed by atoms with van der Waals surface area (Å²) in [7, 11) is -9.05. The highest BCUT2D eigenvalue weighted by molar-refractivity contribution is 7.86. The van der Waals surface area contributed by atoms with Crippen LogP contribution in [-0.4, -0.2) is 136 Å². The van der Waals surface area contributed by atoms with Crippen molar-refractivity contribution in [1.29, 1.82) is 5.26 Å². The lowest BCUT2D eigenvalue weighted by Crippen LogP contribution is -2.39. The number of anilines is 2. The Morgan fingerprint density at radius 2 is 1.21 bits per heavy atom. The van der Waals surface area contributed by atoms with Gasteiger partial charge in [-0.15, -0.1) is 0 Å². The monoisotopic (exact) mass is 972 g/mol. The molecule has 4 aromatic heterocycles. The summed E-state index contributed by atoms with van der Waals surface area (Å²) in [5, 5.41) is 14.9. The van der Waals surface area contributed by atoms with Gasteiger partial charge >= 0.3 is 0 Å². The van der Waals surface area contributed by atoms with Crippen molar-refractivity contribution in [2.24, 2.45) is 0 Å². The summed E-state index contributed by atoms with van der Waals surface area (Å²) >= 11 is 0. The van der Waals surface area contributed by atoms with Crippen LogP contribution in [0, 0.1) is 17.9 Å². The van der Waals surface area contributed by atoms with Crippen LogP contribution in [0.1, 0.15) is 39.6 Å². The SMILES string of the molecule is [BH3-][P+]1(OCCC#N)OC[C@H]2O[C@@H](n3cnc4c(NC(=O)c5ccccc5)ncnc43)C(F)[C@H]2O[P+]([BH3-])(OCC[N+]#[C-])OC[C@H]2O[C@@H](n3cnc4c(NC(=O)c5ccccc5)ncnc43)[C@@H](F)C2O1. The van der Waals surface area contributed by atoms with Gasteiger partial charge in [-0.25, -0.2) is 72.4 Å². The van der Waals surface area contributed by atoms with E-state index < -0.39 is 91.8 Å². The van der Waals surface area contributed by atoms with Gasteiger partial charge in [0.1, 0.15) is 44.7 Å². The fourth-order valence-corrected chi connectivity index (χ4v) is 9.45. The minimum absolute atomic E-state index is 0.0252. The third-order valence-corrected chi connectivity index (χ3v) is 12.6. The lowest BCUT2D eigenvalue weighted by atomic mass is 10.1. The molecule has 352 valence electrons. The molecule has 2 aromatic carbocycles. The minimum Gasteiger partial charge on any atom is -0.346 e. The number of carbonyl (C=O) groups excluding carboxylic acids is 2. The molecule has 3 aliphatic rings. The second-order valence-corrected chi connectivity index (χ2v) is 16.7. The molecule has 2 amide bonds. The van der Waals surface area contributed by atoms with Gasteiger partial charge in [-0.1, -0.05) is 36.4 Å². The van der Waals surface area contributed by atoms with Gasteiger partial charge in [0.2, 0.25) is 37.3 Å². The van der Waals surface area contributed by atoms with E-state index in [4.69, 9.17) is 43.2 Å². The van der Waals surface area contributed by atoms with Crippen LogP contribution in [0.3, 0.4) is 0 Å². The smallest absolute Gasteiger partial charge is 0.256 e. The molecule has 2 N–H and O–H groups in total. The van der Waals surface area contributed by atoms with Crippen LogP contribution < -0.4 is 10.6 Å². The first kappa shape index (κ1) is 47.1. The molecule has 22 nitrogen and oxygen atoms in total. The Bertz CT molecular complexity index is 2680. The third kappa shape index (κ3) is 9.79. The number of amides is 2. The van der Waals surface area contributed by atoms with Crippen molar-refractivity contribution < 1.29 is 55.0 Å². The van der Waals surface area contributed by atoms with Crippen LogP contribution in [-0.2, 0) is 36.6 Å². The maximum Gasteiger partial charge on any atom is 0.256 e. The highest BCUT2D eigenvalue weighted by atomic mass is 31.2. The quantitative estimate of drug-likeness (QED) is 0.0772. The number of aromatic nitrogens is 8. The molecule has 0 spiro atoms. The fraction of sp³-hybridized carbons (Fsp3) is 0.350. The lowest BCUT2D eigenvalue weighted by Gasteiger charge is -2.34. The fourth-order valence-electron chi connectivity index (χ4n) is 7.14. The van der Waals surface area contributed by atoms with Crippen molar-refractivity contribution in [3.05, 3.63) is 109 Å². The van der Waals surface area contributed by atoms with E-state index in [9.17, 15) is 14.9 Å². The molecule has 6 aromatic rings. The predicted molar refractivity (Wildman–Crippen MR) is 246 cm³/mol. The van der Waals surface area contributed by atoms with E-state index in [2.05, 4.69) is 45.4 Å². The molecule has 10 atom stereocenters. The average Bonchev–Trinajstić information content (AvgIpc) is 4.12. The molecule has 3 saturated heterocycles. The summed E-state index contributed by atoms with van der Waals surface area (Å²) in [6, 6.07) is 19.0. The summed E-state index contributed by atoms with van der Waals surface area (Å²) < 4.78 is 88.6. The van der Waals surface area contributed by atoms with Crippen LogP contribution in [0.2, 0.25) is 0 Å². The number of nitriles is 1. The van der Waals surface area contributed by atoms with Crippen molar-refractivity contribution >= 4 is 76.6 Å². The van der Waals surface area contributed by atoms with Crippen LogP contribution in [0.25, 0.3) is 27.2 Å². The van der Waals surface area contributed by atoms with Crippen LogP contribution in [0.5, 0.6) is 0 Å². The molecular weight excluding hydrogens is 930 g/mol. The van der Waals surface area contributed by atoms with Gasteiger partial charge in [-0.2, -0.15) is 5.26 Å². The molecule has 0 saturated carbocycles. The van der Waals surface area contributed by atoms with E-state index in [0.717, 1.165) is 0 Å². The number of fused-ring (bicyclic) bond motifs is 4. The first-order valence-corrected chi connectivity index (χ1v) is 22.3. The Hall–Kier alpha value is -6.01. The number of benzene rings is 2. The number of hydrogen-bond donors (Lipinski definition) is 2. The zero-order valence-electron chi connectivity index (χ0n) is 34.1. The largest absolute Gasteiger partial charge is 0.346 e. The molecule has 4 unspecified atom stereocenters. The molecule has 3 aliphatic heterocycles. The lowest BCUT2D eigenvalue weighted by molar-refractivity contribution is -0.0625. The highest BCUT2D eigenvalue weighted by Gasteiger charge is 2.58. The van der Waals surface area contributed by atoms with E-state index in [0.29, 0.717) is 11.1 Å². The highest BCUT2D eigenvalue weighted by Crippen LogP contribution is 2.64. The first-order chi connectivity index (χ1) is 33.0. The second kappa shape index (κ2) is 20.3. The maximum absolute atomic E-state index is 17.3. The molecule has 3 fully saturated rings. The normalized spacial score (nSPS) is 28.4. The van der Waals surface area contributed by atoms with Crippen molar-refractivity contribution in [3.8, 4) is 6.07 Å². The molecule has 9 rings (SSSR count). The number of nitrogens with one attached hydrogen (secondary N) is 2. The van der Waals surface area contributed by atoms with Crippen LogP contribution in [0.15, 0.2) is 86.0 Å². The molecule has 68 heavy (non-hydrogen) atoms. The van der Waals surface area contributed by atoms with Gasteiger partial charge in [0.25, 0.3) is 11.8 Å². The Morgan fingerprint density at radius 1 is 0.750 bits per heavy atom. The number of nitrogens with zero attached hydrogens (tertiary/aromatic N) is 10. The van der Waals surface area contributed by atoms with Gasteiger partial charge in [0.05, 0.1) is 25.1 Å². The molecule has 0 radical (unpaired) electrons. The predicted octanol–water partition coefficient (Wildman–Crippen LogP) is 3.41. The van der Waals surface area contributed by atoms with E-state index in [1.807, 2.05) is 6.07 Å². The van der Waals surface area contributed by atoms with E-state index in [-0.39, 0.29) is 73.4 Å². The number of imidazole rings is 2. The number of ether oxygens (including phenoxy) is 2. The zero-order valence-corrected chi connectivity index (χ0v) is 35.9. The Morgan fingerprint density at radius 3 is 1.65 bits per heavy atom. The van der Waals surface area contributed by atoms with Crippen molar-refractivity contribution in [2.45, 2.75) is 55.6 Å². The maximum atomic E-state index is 17.3. The number of carbonyl (C=O) groups is 2. The average molecular weight is 972 g/mol. The number of hydrogen-bond acceptors (Lipinski definition) is 17. The molecule has 0 aliphatic carbocycles. The molecule has 0 bridgehead atoms. The van der Waals surface area contributed by atoms with Gasteiger partial charge in [0, 0.05) is 11.1 Å². The van der Waals surface area contributed by atoms with Crippen molar-refractivity contribution in [1.82, 2.24) is 39.0 Å². The van der Waals surface area contributed by atoms with E-state index in [1.165, 1.54) is 34.4 Å².